The number of hydrogen-bond donors (Lipinski definition) is 1. The van der Waals surface area contributed by atoms with Crippen molar-refractivity contribution in [1.29, 1.82) is 0 Å². The lowest BCUT2D eigenvalue weighted by Crippen LogP contribution is -2.30. The van der Waals surface area contributed by atoms with Crippen LogP contribution in [0, 0.1) is 5.92 Å². The van der Waals surface area contributed by atoms with E-state index in [9.17, 15) is 9.59 Å². The van der Waals surface area contributed by atoms with Crippen molar-refractivity contribution >= 4 is 11.9 Å². The fourth-order valence-corrected chi connectivity index (χ4v) is 2.39. The number of hydrogen-bond acceptors (Lipinski definition) is 3. The second-order valence-corrected chi connectivity index (χ2v) is 4.92. The quantitative estimate of drug-likeness (QED) is 0.869. The predicted molar refractivity (Wildman–Crippen MR) is 69.5 cm³/mol. The first-order valence-corrected chi connectivity index (χ1v) is 6.54. The lowest BCUT2D eigenvalue weighted by Gasteiger charge is -2.16. The highest BCUT2D eigenvalue weighted by Crippen LogP contribution is 2.21. The summed E-state index contributed by atoms with van der Waals surface area (Å²) >= 11 is 0. The standard InChI is InChI=1S/C14H18N2O3/c17-13(9-12-3-1-2-7-15-12)16-8-6-11(10-16)4-5-14(18)19/h1-3,7,11H,4-6,8-10H2,(H,18,19). The fourth-order valence-electron chi connectivity index (χ4n) is 2.39. The van der Waals surface area contributed by atoms with Gasteiger partial charge in [-0.3, -0.25) is 14.6 Å². The number of pyridine rings is 1. The zero-order chi connectivity index (χ0) is 13.7. The smallest absolute Gasteiger partial charge is 0.303 e. The van der Waals surface area contributed by atoms with E-state index in [1.54, 1.807) is 6.20 Å². The van der Waals surface area contributed by atoms with Crippen molar-refractivity contribution in [2.24, 2.45) is 5.92 Å². The Morgan fingerprint density at radius 3 is 2.95 bits per heavy atom. The van der Waals surface area contributed by atoms with Crippen molar-refractivity contribution in [3.63, 3.8) is 0 Å². The van der Waals surface area contributed by atoms with Crippen LogP contribution < -0.4 is 0 Å². The second kappa shape index (κ2) is 6.31. The van der Waals surface area contributed by atoms with Gasteiger partial charge in [-0.2, -0.15) is 0 Å². The Bertz CT molecular complexity index is 447. The van der Waals surface area contributed by atoms with Gasteiger partial charge < -0.3 is 10.0 Å². The Labute approximate surface area is 112 Å². The first-order chi connectivity index (χ1) is 9.15. The van der Waals surface area contributed by atoms with E-state index in [1.807, 2.05) is 23.1 Å². The zero-order valence-corrected chi connectivity index (χ0v) is 10.8. The topological polar surface area (TPSA) is 70.5 Å². The maximum atomic E-state index is 12.1. The summed E-state index contributed by atoms with van der Waals surface area (Å²) in [6.07, 6.45) is 3.76. The first-order valence-electron chi connectivity index (χ1n) is 6.54. The lowest BCUT2D eigenvalue weighted by atomic mass is 10.0. The van der Waals surface area contributed by atoms with E-state index in [4.69, 9.17) is 5.11 Å². The number of carboxylic acids is 1. The average molecular weight is 262 g/mol. The van der Waals surface area contributed by atoms with Gasteiger partial charge in [-0.15, -0.1) is 0 Å². The van der Waals surface area contributed by atoms with Crippen LogP contribution in [0.2, 0.25) is 0 Å². The number of aromatic nitrogens is 1. The van der Waals surface area contributed by atoms with Crippen LogP contribution in [0.15, 0.2) is 24.4 Å². The molecule has 1 aliphatic heterocycles. The highest BCUT2D eigenvalue weighted by atomic mass is 16.4. The number of carbonyl (C=O) groups is 2. The molecule has 0 saturated carbocycles. The van der Waals surface area contributed by atoms with E-state index in [-0.39, 0.29) is 12.3 Å². The van der Waals surface area contributed by atoms with E-state index in [0.717, 1.165) is 18.7 Å². The molecule has 0 aliphatic carbocycles. The number of amides is 1. The monoisotopic (exact) mass is 262 g/mol. The summed E-state index contributed by atoms with van der Waals surface area (Å²) < 4.78 is 0. The van der Waals surface area contributed by atoms with Crippen molar-refractivity contribution in [3.05, 3.63) is 30.1 Å². The molecule has 0 radical (unpaired) electrons. The summed E-state index contributed by atoms with van der Waals surface area (Å²) in [6.45, 7) is 1.41. The molecule has 5 nitrogen and oxygen atoms in total. The molecule has 1 aromatic heterocycles. The Morgan fingerprint density at radius 1 is 1.42 bits per heavy atom. The van der Waals surface area contributed by atoms with Gasteiger partial charge in [-0.05, 0) is 30.9 Å². The molecule has 1 atom stereocenters. The van der Waals surface area contributed by atoms with Crippen molar-refractivity contribution in [2.75, 3.05) is 13.1 Å². The molecular weight excluding hydrogens is 244 g/mol. The molecular formula is C14H18N2O3. The van der Waals surface area contributed by atoms with E-state index in [2.05, 4.69) is 4.98 Å². The van der Waals surface area contributed by atoms with Crippen LogP contribution in [0.3, 0.4) is 0 Å². The molecule has 2 heterocycles. The van der Waals surface area contributed by atoms with Crippen molar-refractivity contribution in [1.82, 2.24) is 9.88 Å². The van der Waals surface area contributed by atoms with Gasteiger partial charge in [0, 0.05) is 31.4 Å². The zero-order valence-electron chi connectivity index (χ0n) is 10.8. The fraction of sp³-hybridized carbons (Fsp3) is 0.500. The molecule has 1 fully saturated rings. The van der Waals surface area contributed by atoms with Crippen molar-refractivity contribution in [2.45, 2.75) is 25.7 Å². The highest BCUT2D eigenvalue weighted by Gasteiger charge is 2.26. The molecule has 1 aromatic rings. The third kappa shape index (κ3) is 4.05. The highest BCUT2D eigenvalue weighted by molar-refractivity contribution is 5.78. The SMILES string of the molecule is O=C(O)CCC1CCN(C(=O)Cc2ccccn2)C1. The van der Waals surface area contributed by atoms with E-state index in [1.165, 1.54) is 0 Å². The molecule has 1 N–H and O–H groups in total. The molecule has 2 rings (SSSR count). The number of nitrogens with zero attached hydrogens (tertiary/aromatic N) is 2. The average Bonchev–Trinajstić information content (AvgIpc) is 2.86. The molecule has 1 amide bonds. The summed E-state index contributed by atoms with van der Waals surface area (Å²) in [7, 11) is 0. The summed E-state index contributed by atoms with van der Waals surface area (Å²) in [4.78, 5) is 28.6. The molecule has 1 aliphatic rings. The maximum Gasteiger partial charge on any atom is 0.303 e. The van der Waals surface area contributed by atoms with Gasteiger partial charge in [-0.25, -0.2) is 0 Å². The predicted octanol–water partition coefficient (Wildman–Crippen LogP) is 1.34. The Hall–Kier alpha value is -1.91. The van der Waals surface area contributed by atoms with Crippen LogP contribution in [-0.4, -0.2) is 40.0 Å². The summed E-state index contributed by atoms with van der Waals surface area (Å²) in [6, 6.07) is 5.54. The summed E-state index contributed by atoms with van der Waals surface area (Å²) in [5, 5.41) is 8.65. The van der Waals surface area contributed by atoms with Crippen LogP contribution in [0.1, 0.15) is 25.0 Å². The molecule has 1 saturated heterocycles. The summed E-state index contributed by atoms with van der Waals surface area (Å²) in [5.74, 6) is -0.362. The van der Waals surface area contributed by atoms with E-state index in [0.29, 0.717) is 25.3 Å². The molecule has 0 bridgehead atoms. The van der Waals surface area contributed by atoms with Gasteiger partial charge in [0.2, 0.25) is 5.91 Å². The normalized spacial score (nSPS) is 18.5. The Kier molecular flexibility index (Phi) is 4.49. The minimum absolute atomic E-state index is 0.0801. The molecule has 1 unspecified atom stereocenters. The minimum atomic E-state index is -0.765. The number of likely N-dealkylation sites (tertiary alicyclic amines) is 1. The minimum Gasteiger partial charge on any atom is -0.481 e. The Morgan fingerprint density at radius 2 is 2.26 bits per heavy atom. The van der Waals surface area contributed by atoms with Crippen LogP contribution in [0.25, 0.3) is 0 Å². The molecule has 0 aromatic carbocycles. The van der Waals surface area contributed by atoms with Gasteiger partial charge in [0.05, 0.1) is 6.42 Å². The number of carbonyl (C=O) groups excluding carboxylic acids is 1. The van der Waals surface area contributed by atoms with Crippen LogP contribution >= 0.6 is 0 Å². The van der Waals surface area contributed by atoms with E-state index < -0.39 is 5.97 Å². The number of carboxylic acid groups (broad SMARTS) is 1. The van der Waals surface area contributed by atoms with Crippen LogP contribution in [-0.2, 0) is 16.0 Å². The van der Waals surface area contributed by atoms with Crippen LogP contribution in [0.4, 0.5) is 0 Å². The van der Waals surface area contributed by atoms with Crippen molar-refractivity contribution < 1.29 is 14.7 Å². The molecule has 102 valence electrons. The van der Waals surface area contributed by atoms with Gasteiger partial charge in [0.1, 0.15) is 0 Å². The van der Waals surface area contributed by atoms with Gasteiger partial charge in [-0.1, -0.05) is 6.07 Å². The van der Waals surface area contributed by atoms with Gasteiger partial charge >= 0.3 is 5.97 Å². The third-order valence-electron chi connectivity index (χ3n) is 3.46. The van der Waals surface area contributed by atoms with E-state index >= 15 is 0 Å². The van der Waals surface area contributed by atoms with Gasteiger partial charge in [0.25, 0.3) is 0 Å². The van der Waals surface area contributed by atoms with Gasteiger partial charge in [0.15, 0.2) is 0 Å². The molecule has 0 spiro atoms. The first kappa shape index (κ1) is 13.5. The third-order valence-corrected chi connectivity index (χ3v) is 3.46. The lowest BCUT2D eigenvalue weighted by molar-refractivity contribution is -0.137. The molecule has 5 heteroatoms. The number of rotatable bonds is 5. The molecule has 19 heavy (non-hydrogen) atoms. The van der Waals surface area contributed by atoms with Crippen LogP contribution in [0.5, 0.6) is 0 Å². The summed E-state index contributed by atoms with van der Waals surface area (Å²) in [5.41, 5.74) is 0.779. The van der Waals surface area contributed by atoms with Crippen molar-refractivity contribution in [3.8, 4) is 0 Å². The second-order valence-electron chi connectivity index (χ2n) is 4.92. The largest absolute Gasteiger partial charge is 0.481 e. The number of aliphatic carboxylic acids is 1. The Balaban J connectivity index is 1.80. The maximum absolute atomic E-state index is 12.1.